The topological polar surface area (TPSA) is 59.9 Å². The van der Waals surface area contributed by atoms with Gasteiger partial charge < -0.3 is 9.57 Å². The SMILES string of the molecule is C=CC(Cl)=CC(=CCCl)C1(C(F)(F)F)CC(c2cccc(NC(=O)OC(C)(C)C)c2)=NO1. The van der Waals surface area contributed by atoms with Crippen LogP contribution in [0.3, 0.4) is 0 Å². The summed E-state index contributed by atoms with van der Waals surface area (Å²) in [4.78, 5) is 17.0. The van der Waals surface area contributed by atoms with Crippen LogP contribution in [0.4, 0.5) is 23.7 Å². The van der Waals surface area contributed by atoms with E-state index in [-0.39, 0.29) is 22.2 Å². The maximum atomic E-state index is 14.2. The Morgan fingerprint density at radius 1 is 1.38 bits per heavy atom. The highest BCUT2D eigenvalue weighted by Gasteiger charge is 2.62. The van der Waals surface area contributed by atoms with Crippen LogP contribution in [0, 0.1) is 0 Å². The molecule has 1 aliphatic heterocycles. The number of amides is 1. The molecule has 0 radical (unpaired) electrons. The van der Waals surface area contributed by atoms with Gasteiger partial charge in [0.2, 0.25) is 0 Å². The lowest BCUT2D eigenvalue weighted by atomic mass is 9.85. The Morgan fingerprint density at radius 2 is 2.06 bits per heavy atom. The first kappa shape index (κ1) is 25.8. The summed E-state index contributed by atoms with van der Waals surface area (Å²) in [6.45, 7) is 8.58. The monoisotopic (exact) mass is 490 g/mol. The van der Waals surface area contributed by atoms with Crippen LogP contribution in [-0.4, -0.2) is 35.1 Å². The molecule has 1 aromatic carbocycles. The van der Waals surface area contributed by atoms with Crippen LogP contribution < -0.4 is 5.32 Å². The van der Waals surface area contributed by atoms with E-state index in [1.54, 1.807) is 39.0 Å². The van der Waals surface area contributed by atoms with Crippen molar-refractivity contribution < 1.29 is 27.5 Å². The number of carbonyl (C=O) groups is 1. The fourth-order valence-electron chi connectivity index (χ4n) is 2.89. The van der Waals surface area contributed by atoms with Gasteiger partial charge in [-0.1, -0.05) is 47.6 Å². The number of allylic oxidation sites excluding steroid dienone is 3. The second-order valence-electron chi connectivity index (χ2n) is 7.89. The van der Waals surface area contributed by atoms with E-state index in [0.29, 0.717) is 11.3 Å². The number of oxime groups is 1. The molecule has 1 aromatic rings. The van der Waals surface area contributed by atoms with Crippen molar-refractivity contribution in [1.29, 1.82) is 0 Å². The number of alkyl halides is 4. The lowest BCUT2D eigenvalue weighted by molar-refractivity contribution is -0.251. The smallest absolute Gasteiger partial charge is 0.435 e. The summed E-state index contributed by atoms with van der Waals surface area (Å²) in [5, 5.41) is 6.25. The van der Waals surface area contributed by atoms with Crippen LogP contribution >= 0.6 is 23.2 Å². The zero-order valence-electron chi connectivity index (χ0n) is 17.7. The van der Waals surface area contributed by atoms with E-state index in [4.69, 9.17) is 32.8 Å². The van der Waals surface area contributed by atoms with Gasteiger partial charge in [0.1, 0.15) is 5.60 Å². The molecule has 0 saturated heterocycles. The number of nitrogens with zero attached hydrogens (tertiary/aromatic N) is 1. The van der Waals surface area contributed by atoms with E-state index >= 15 is 0 Å². The van der Waals surface area contributed by atoms with Crippen LogP contribution in [0.15, 0.2) is 64.8 Å². The zero-order valence-corrected chi connectivity index (χ0v) is 19.2. The first-order valence-electron chi connectivity index (χ1n) is 9.50. The third-order valence-electron chi connectivity index (χ3n) is 4.28. The standard InChI is InChI=1S/C22H23Cl2F3N2O3/c1-5-16(24)12-15(9-10-23)21(22(25,26)27)13-18(29-32-21)14-7-6-8-17(11-14)28-19(30)31-20(2,3)4/h5-9,11-12H,1,10,13H2,2-4H3,(H,28,30). The fourth-order valence-corrected chi connectivity index (χ4v) is 3.17. The van der Waals surface area contributed by atoms with E-state index in [2.05, 4.69) is 17.1 Å². The molecule has 1 heterocycles. The number of rotatable bonds is 6. The number of hydrogen-bond donors (Lipinski definition) is 1. The number of benzene rings is 1. The Hall–Kier alpha value is -2.45. The van der Waals surface area contributed by atoms with Crippen LogP contribution in [-0.2, 0) is 9.57 Å². The minimum atomic E-state index is -4.82. The van der Waals surface area contributed by atoms with Gasteiger partial charge in [0, 0.05) is 34.2 Å². The first-order valence-corrected chi connectivity index (χ1v) is 10.4. The molecule has 0 aromatic heterocycles. The summed E-state index contributed by atoms with van der Waals surface area (Å²) >= 11 is 11.6. The van der Waals surface area contributed by atoms with Crippen LogP contribution in [0.25, 0.3) is 0 Å². The van der Waals surface area contributed by atoms with Gasteiger partial charge in [0.05, 0.1) is 5.71 Å². The molecule has 1 aliphatic rings. The number of anilines is 1. The number of halogens is 5. The van der Waals surface area contributed by atoms with Gasteiger partial charge >= 0.3 is 12.3 Å². The molecule has 0 bridgehead atoms. The molecule has 0 saturated carbocycles. The third kappa shape index (κ3) is 6.29. The van der Waals surface area contributed by atoms with Crippen molar-refractivity contribution in [2.24, 2.45) is 5.16 Å². The van der Waals surface area contributed by atoms with Gasteiger partial charge in [0.15, 0.2) is 0 Å². The molecular formula is C22H23Cl2F3N2O3. The Bertz CT molecular complexity index is 966. The Labute approximate surface area is 194 Å². The molecule has 2 rings (SSSR count). The van der Waals surface area contributed by atoms with Crippen molar-refractivity contribution >= 4 is 40.7 Å². The maximum absolute atomic E-state index is 14.2. The van der Waals surface area contributed by atoms with Crippen LogP contribution in [0.2, 0.25) is 0 Å². The van der Waals surface area contributed by atoms with Gasteiger partial charge in [-0.15, -0.1) is 11.6 Å². The molecule has 174 valence electrons. The second kappa shape index (κ2) is 10.0. The predicted molar refractivity (Wildman–Crippen MR) is 120 cm³/mol. The van der Waals surface area contributed by atoms with Crippen molar-refractivity contribution in [3.05, 3.63) is 65.2 Å². The van der Waals surface area contributed by atoms with E-state index < -0.39 is 29.9 Å². The summed E-state index contributed by atoms with van der Waals surface area (Å²) in [5.74, 6) is -0.195. The highest BCUT2D eigenvalue weighted by atomic mass is 35.5. The Balaban J connectivity index is 2.35. The van der Waals surface area contributed by atoms with Gasteiger partial charge in [-0.3, -0.25) is 5.32 Å². The van der Waals surface area contributed by atoms with E-state index in [1.165, 1.54) is 18.2 Å². The van der Waals surface area contributed by atoms with E-state index in [9.17, 15) is 18.0 Å². The molecule has 32 heavy (non-hydrogen) atoms. The summed E-state index contributed by atoms with van der Waals surface area (Å²) in [6, 6.07) is 6.19. The van der Waals surface area contributed by atoms with Crippen molar-refractivity contribution in [1.82, 2.24) is 0 Å². The molecule has 10 heteroatoms. The van der Waals surface area contributed by atoms with Crippen molar-refractivity contribution in [2.75, 3.05) is 11.2 Å². The normalized spacial score (nSPS) is 19.8. The third-order valence-corrected chi connectivity index (χ3v) is 4.70. The first-order chi connectivity index (χ1) is 14.8. The van der Waals surface area contributed by atoms with Crippen molar-refractivity contribution in [3.8, 4) is 0 Å². The molecule has 0 aliphatic carbocycles. The number of ether oxygens (including phenoxy) is 1. The number of carbonyl (C=O) groups excluding carboxylic acids is 1. The quantitative estimate of drug-likeness (QED) is 0.347. The molecule has 1 unspecified atom stereocenters. The molecular weight excluding hydrogens is 468 g/mol. The van der Waals surface area contributed by atoms with Crippen LogP contribution in [0.5, 0.6) is 0 Å². The summed E-state index contributed by atoms with van der Waals surface area (Å²) in [6.07, 6.45) is -2.66. The number of hydrogen-bond acceptors (Lipinski definition) is 4. The Kier molecular flexibility index (Phi) is 8.07. The van der Waals surface area contributed by atoms with E-state index in [1.807, 2.05) is 0 Å². The molecule has 0 spiro atoms. The molecule has 5 nitrogen and oxygen atoms in total. The molecule has 0 fully saturated rings. The summed E-state index contributed by atoms with van der Waals surface area (Å²) in [7, 11) is 0. The minimum absolute atomic E-state index is 0.00870. The van der Waals surface area contributed by atoms with Gasteiger partial charge in [-0.2, -0.15) is 13.2 Å². The van der Waals surface area contributed by atoms with E-state index in [0.717, 1.165) is 6.08 Å². The lowest BCUT2D eigenvalue weighted by Gasteiger charge is -2.30. The predicted octanol–water partition coefficient (Wildman–Crippen LogP) is 6.93. The van der Waals surface area contributed by atoms with Gasteiger partial charge in [0.25, 0.3) is 5.60 Å². The summed E-state index contributed by atoms with van der Waals surface area (Å²) < 4.78 is 47.8. The lowest BCUT2D eigenvalue weighted by Crippen LogP contribution is -2.47. The van der Waals surface area contributed by atoms with Gasteiger partial charge in [-0.05, 0) is 39.0 Å². The highest BCUT2D eigenvalue weighted by Crippen LogP contribution is 2.47. The fraction of sp³-hybridized carbons (Fsp3) is 0.364. The van der Waals surface area contributed by atoms with Gasteiger partial charge in [-0.25, -0.2) is 4.79 Å². The maximum Gasteiger partial charge on any atom is 0.435 e. The molecule has 1 atom stereocenters. The number of nitrogens with one attached hydrogen (secondary N) is 1. The second-order valence-corrected chi connectivity index (χ2v) is 8.63. The zero-order chi connectivity index (χ0) is 24.2. The van der Waals surface area contributed by atoms with Crippen molar-refractivity contribution in [3.63, 3.8) is 0 Å². The highest BCUT2D eigenvalue weighted by molar-refractivity contribution is 6.31. The minimum Gasteiger partial charge on any atom is -0.444 e. The van der Waals surface area contributed by atoms with Crippen LogP contribution in [0.1, 0.15) is 32.8 Å². The largest absolute Gasteiger partial charge is 0.444 e. The Morgan fingerprint density at radius 3 is 2.62 bits per heavy atom. The van der Waals surface area contributed by atoms with Crippen molar-refractivity contribution in [2.45, 2.75) is 44.6 Å². The average molecular weight is 491 g/mol. The summed E-state index contributed by atoms with van der Waals surface area (Å²) in [5.41, 5.74) is -3.05. The molecule has 1 amide bonds. The average Bonchev–Trinajstić information content (AvgIpc) is 3.13. The molecule has 1 N–H and O–H groups in total.